The number of unbranched alkanes of at least 4 members (excludes halogenated alkanes) is 8. The third-order valence-electron chi connectivity index (χ3n) is 4.85. The van der Waals surface area contributed by atoms with Crippen LogP contribution in [0.25, 0.3) is 0 Å². The van der Waals surface area contributed by atoms with Gasteiger partial charge in [0.25, 0.3) is 0 Å². The topological polar surface area (TPSA) is 6.48 Å². The molecule has 172 valence electrons. The van der Waals surface area contributed by atoms with Gasteiger partial charge in [0, 0.05) is 0 Å². The third-order valence-corrected chi connectivity index (χ3v) is 15.4. The molecule has 7 heteroatoms. The molecule has 0 rings (SSSR count). The van der Waals surface area contributed by atoms with Gasteiger partial charge in [0.1, 0.15) is 0 Å². The zero-order valence-electron chi connectivity index (χ0n) is 19.2. The second-order valence-electron chi connectivity index (χ2n) is 7.57. The molecule has 0 aliphatic rings. The Morgan fingerprint density at radius 2 is 0.828 bits per heavy atom. The molecule has 0 bridgehead atoms. The fourth-order valence-corrected chi connectivity index (χ4v) is 13.5. The second kappa shape index (κ2) is 22.5. The van der Waals surface area contributed by atoms with Crippen LogP contribution in [-0.4, -0.2) is 62.8 Å². The van der Waals surface area contributed by atoms with Gasteiger partial charge in [-0.05, 0) is 0 Å². The molecule has 0 unspecified atom stereocenters. The van der Waals surface area contributed by atoms with Crippen LogP contribution in [0.4, 0.5) is 0 Å². The van der Waals surface area contributed by atoms with Gasteiger partial charge in [-0.1, -0.05) is 0 Å². The molecular weight excluding hydrogens is 548 g/mol. The van der Waals surface area contributed by atoms with Gasteiger partial charge in [0.2, 0.25) is 0 Å². The second-order valence-corrected chi connectivity index (χ2v) is 16.9. The Balaban J connectivity index is 4.43. The van der Waals surface area contributed by atoms with E-state index >= 15 is 0 Å². The number of hydrogen-bond acceptors (Lipinski definition) is 4. The van der Waals surface area contributed by atoms with E-state index in [0.29, 0.717) is 0 Å². The van der Waals surface area contributed by atoms with Gasteiger partial charge in [0.05, 0.1) is 0 Å². The van der Waals surface area contributed by atoms with Crippen molar-refractivity contribution >= 4 is 69.2 Å². The van der Waals surface area contributed by atoms with E-state index in [-0.39, 0.29) is 18.2 Å². The van der Waals surface area contributed by atoms with Gasteiger partial charge in [-0.15, -0.1) is 0 Å². The van der Waals surface area contributed by atoms with Gasteiger partial charge in [-0.2, -0.15) is 0 Å². The van der Waals surface area contributed by atoms with E-state index < -0.39 is 0 Å². The summed E-state index contributed by atoms with van der Waals surface area (Å²) >= 11 is 11.3. The van der Waals surface area contributed by atoms with Gasteiger partial charge in [0.15, 0.2) is 0 Å². The number of thiocarbonyl (C=S) groups is 2. The van der Waals surface area contributed by atoms with Crippen LogP contribution in [0.2, 0.25) is 0 Å². The van der Waals surface area contributed by atoms with E-state index in [2.05, 4.69) is 37.5 Å². The summed E-state index contributed by atoms with van der Waals surface area (Å²) in [5, 5.41) is 0. The number of rotatable bonds is 18. The maximum absolute atomic E-state index is 5.81. The van der Waals surface area contributed by atoms with Gasteiger partial charge in [-0.25, -0.2) is 0 Å². The molecule has 0 radical (unpaired) electrons. The molecule has 0 aliphatic heterocycles. The van der Waals surface area contributed by atoms with Crippen LogP contribution in [0.3, 0.4) is 0 Å². The summed E-state index contributed by atoms with van der Waals surface area (Å²) in [4.78, 5) is 4.94. The van der Waals surface area contributed by atoms with Crippen LogP contribution in [-0.2, 0) is 0 Å². The molecule has 0 aromatic heterocycles. The van der Waals surface area contributed by atoms with Crippen molar-refractivity contribution in [2.45, 2.75) is 105 Å². The molecule has 0 spiro atoms. The summed E-state index contributed by atoms with van der Waals surface area (Å²) in [6.07, 6.45) is 15.3. The van der Waals surface area contributed by atoms with Crippen LogP contribution in [0.15, 0.2) is 0 Å². The Kier molecular flexibility index (Phi) is 23.4. The minimum atomic E-state index is -0.329. The Morgan fingerprint density at radius 1 is 0.552 bits per heavy atom. The SMILES string of the molecule is CCCCCN(CCCCC)C(=S)S[Te]SC(=S)N(CCCCC)CCCCC. The van der Waals surface area contributed by atoms with Crippen molar-refractivity contribution in [2.75, 3.05) is 26.2 Å². The van der Waals surface area contributed by atoms with E-state index in [1.807, 2.05) is 18.0 Å². The summed E-state index contributed by atoms with van der Waals surface area (Å²) in [5.74, 6) is 0. The van der Waals surface area contributed by atoms with E-state index in [4.69, 9.17) is 24.4 Å². The average molecular weight is 592 g/mol. The molecule has 0 N–H and O–H groups in total. The quantitative estimate of drug-likeness (QED) is 0.0900. The van der Waals surface area contributed by atoms with Crippen LogP contribution in [0.5, 0.6) is 0 Å². The third kappa shape index (κ3) is 17.5. The van der Waals surface area contributed by atoms with E-state index in [1.54, 1.807) is 0 Å². The first-order chi connectivity index (χ1) is 14.1. The fraction of sp³-hybridized carbons (Fsp3) is 0.909. The van der Waals surface area contributed by atoms with Crippen LogP contribution >= 0.6 is 42.4 Å². The predicted octanol–water partition coefficient (Wildman–Crippen LogP) is 7.92. The molecular formula is C22H44N2S4Te. The van der Waals surface area contributed by atoms with Crippen molar-refractivity contribution in [1.82, 2.24) is 9.80 Å². The minimum absolute atomic E-state index is 0.329. The molecule has 0 saturated heterocycles. The van der Waals surface area contributed by atoms with Gasteiger partial charge in [-0.3, -0.25) is 0 Å². The summed E-state index contributed by atoms with van der Waals surface area (Å²) in [6, 6.07) is 0. The van der Waals surface area contributed by atoms with Crippen molar-refractivity contribution in [3.8, 4) is 0 Å². The summed E-state index contributed by atoms with van der Waals surface area (Å²) < 4.78 is 2.25. The molecule has 0 heterocycles. The van der Waals surface area contributed by atoms with Crippen molar-refractivity contribution < 1.29 is 0 Å². The predicted molar refractivity (Wildman–Crippen MR) is 147 cm³/mol. The molecule has 0 aliphatic carbocycles. The molecule has 2 nitrogen and oxygen atoms in total. The Hall–Kier alpha value is 1.27. The van der Waals surface area contributed by atoms with Crippen LogP contribution < -0.4 is 0 Å². The van der Waals surface area contributed by atoms with E-state index in [0.717, 1.165) is 34.8 Å². The van der Waals surface area contributed by atoms with Gasteiger partial charge < -0.3 is 0 Å². The van der Waals surface area contributed by atoms with E-state index in [9.17, 15) is 0 Å². The Morgan fingerprint density at radius 3 is 1.07 bits per heavy atom. The standard InChI is InChI=1S/C22H44N2S4Te/c1-5-9-13-17-23(18-14-10-6-2)21(25)27-29-28-22(26)24(19-15-11-7-3)20-16-12-8-4/h5-20H2,1-4H3. The van der Waals surface area contributed by atoms with Crippen molar-refractivity contribution in [3.63, 3.8) is 0 Å². The van der Waals surface area contributed by atoms with Crippen molar-refractivity contribution in [2.24, 2.45) is 0 Å². The Labute approximate surface area is 208 Å². The molecule has 0 aromatic rings. The number of hydrogen-bond donors (Lipinski definition) is 0. The average Bonchev–Trinajstić information content (AvgIpc) is 2.71. The van der Waals surface area contributed by atoms with Gasteiger partial charge >= 0.3 is 210 Å². The molecule has 0 atom stereocenters. The summed E-state index contributed by atoms with van der Waals surface area (Å²) in [7, 11) is 3.88. The van der Waals surface area contributed by atoms with E-state index in [1.165, 1.54) is 77.0 Å². The first-order valence-corrected chi connectivity index (χ1v) is 19.7. The monoisotopic (exact) mass is 594 g/mol. The first kappa shape index (κ1) is 30.3. The van der Waals surface area contributed by atoms with Crippen molar-refractivity contribution in [3.05, 3.63) is 0 Å². The maximum atomic E-state index is 5.81. The molecule has 0 fully saturated rings. The molecule has 0 saturated carbocycles. The van der Waals surface area contributed by atoms with Crippen LogP contribution in [0.1, 0.15) is 105 Å². The summed E-state index contributed by atoms with van der Waals surface area (Å²) in [5.41, 5.74) is 0. The Bertz CT molecular complexity index is 354. The van der Waals surface area contributed by atoms with Crippen molar-refractivity contribution in [1.29, 1.82) is 0 Å². The summed E-state index contributed by atoms with van der Waals surface area (Å²) in [6.45, 7) is 13.6. The zero-order valence-corrected chi connectivity index (χ0v) is 24.8. The normalized spacial score (nSPS) is 10.9. The fourth-order valence-electron chi connectivity index (χ4n) is 2.98. The zero-order chi connectivity index (χ0) is 21.7. The molecule has 0 amide bonds. The first-order valence-electron chi connectivity index (χ1n) is 11.7. The van der Waals surface area contributed by atoms with Crippen LogP contribution in [0, 0.1) is 0 Å². The molecule has 29 heavy (non-hydrogen) atoms. The molecule has 0 aromatic carbocycles. The number of nitrogens with zero attached hydrogens (tertiary/aromatic N) is 2.